The number of hydrogen-bond acceptors (Lipinski definition) is 3. The van der Waals surface area contributed by atoms with Crippen LogP contribution in [0, 0.1) is 0 Å². The quantitative estimate of drug-likeness (QED) is 0.808. The highest BCUT2D eigenvalue weighted by Crippen LogP contribution is 2.37. The van der Waals surface area contributed by atoms with E-state index in [1.54, 1.807) is 11.3 Å². The maximum absolute atomic E-state index is 6.12. The van der Waals surface area contributed by atoms with Crippen LogP contribution in [0.2, 0.25) is 5.02 Å². The Bertz CT molecular complexity index is 433. The van der Waals surface area contributed by atoms with E-state index in [2.05, 4.69) is 0 Å². The van der Waals surface area contributed by atoms with Gasteiger partial charge >= 0.3 is 0 Å². The Hall–Kier alpha value is -1.19. The molecule has 0 aliphatic heterocycles. The summed E-state index contributed by atoms with van der Waals surface area (Å²) in [6, 6.07) is 9.59. The molecule has 2 nitrogen and oxygen atoms in total. The third-order valence-corrected chi connectivity index (χ3v) is 3.44. The van der Waals surface area contributed by atoms with E-state index >= 15 is 0 Å². The summed E-state index contributed by atoms with van der Waals surface area (Å²) in [4.78, 5) is 2.00. The summed E-state index contributed by atoms with van der Waals surface area (Å²) in [6.45, 7) is 0. The minimum atomic E-state index is 0.672. The summed E-state index contributed by atoms with van der Waals surface area (Å²) >= 11 is 7.78. The third-order valence-electron chi connectivity index (χ3n) is 2.19. The number of nitrogens with two attached hydrogens (primary N) is 1. The Labute approximate surface area is 97.9 Å². The van der Waals surface area contributed by atoms with Gasteiger partial charge in [0.25, 0.3) is 0 Å². The number of rotatable bonds is 2. The number of benzene rings is 1. The first-order valence-electron chi connectivity index (χ1n) is 4.51. The molecule has 2 N–H and O–H groups in total. The molecule has 0 unspecified atom stereocenters. The molecule has 0 fully saturated rings. The Morgan fingerprint density at radius 1 is 1.27 bits per heavy atom. The Morgan fingerprint density at radius 3 is 2.67 bits per heavy atom. The monoisotopic (exact) mass is 238 g/mol. The van der Waals surface area contributed by atoms with Crippen LogP contribution >= 0.6 is 22.9 Å². The maximum Gasteiger partial charge on any atom is 0.0951 e. The highest BCUT2D eigenvalue weighted by Gasteiger charge is 2.11. The van der Waals surface area contributed by atoms with E-state index in [9.17, 15) is 0 Å². The van der Waals surface area contributed by atoms with Crippen LogP contribution in [-0.4, -0.2) is 7.05 Å². The summed E-state index contributed by atoms with van der Waals surface area (Å²) in [6.07, 6.45) is 0. The highest BCUT2D eigenvalue weighted by molar-refractivity contribution is 7.14. The van der Waals surface area contributed by atoms with Crippen LogP contribution in [0.1, 0.15) is 0 Å². The fourth-order valence-electron chi connectivity index (χ4n) is 1.46. The second-order valence-corrected chi connectivity index (χ2v) is 4.52. The zero-order chi connectivity index (χ0) is 10.8. The standard InChI is InChI=1S/C11H11ClN2S/c1-14(10-6-3-7-15-10)11-8(12)4-2-5-9(11)13/h2-7H,13H2,1H3. The molecular weight excluding hydrogens is 228 g/mol. The van der Waals surface area contributed by atoms with E-state index in [4.69, 9.17) is 17.3 Å². The summed E-state index contributed by atoms with van der Waals surface area (Å²) in [5.41, 5.74) is 7.46. The molecule has 4 heteroatoms. The van der Waals surface area contributed by atoms with Gasteiger partial charge in [-0.2, -0.15) is 0 Å². The van der Waals surface area contributed by atoms with Gasteiger partial charge in [0.2, 0.25) is 0 Å². The molecule has 0 aliphatic carbocycles. The first kappa shape index (κ1) is 10.3. The van der Waals surface area contributed by atoms with Gasteiger partial charge in [-0.15, -0.1) is 11.3 Å². The SMILES string of the molecule is CN(c1cccs1)c1c(N)cccc1Cl. The molecule has 0 amide bonds. The van der Waals surface area contributed by atoms with Crippen LogP contribution in [0.15, 0.2) is 35.7 Å². The Balaban J connectivity index is 2.46. The fraction of sp³-hybridized carbons (Fsp3) is 0.0909. The summed E-state index contributed by atoms with van der Waals surface area (Å²) in [5, 5.41) is 3.82. The van der Waals surface area contributed by atoms with Crippen molar-refractivity contribution in [2.24, 2.45) is 0 Å². The van der Waals surface area contributed by atoms with Crippen molar-refractivity contribution in [1.82, 2.24) is 0 Å². The molecule has 2 rings (SSSR count). The van der Waals surface area contributed by atoms with Crippen LogP contribution in [0.5, 0.6) is 0 Å². The van der Waals surface area contributed by atoms with Crippen molar-refractivity contribution in [1.29, 1.82) is 0 Å². The summed E-state index contributed by atoms with van der Waals surface area (Å²) in [5.74, 6) is 0. The van der Waals surface area contributed by atoms with Crippen molar-refractivity contribution in [3.63, 3.8) is 0 Å². The lowest BCUT2D eigenvalue weighted by Gasteiger charge is -2.20. The van der Waals surface area contributed by atoms with Gasteiger partial charge in [0.05, 0.1) is 21.4 Å². The normalized spacial score (nSPS) is 10.3. The molecule has 0 aliphatic rings. The van der Waals surface area contributed by atoms with Crippen LogP contribution in [0.25, 0.3) is 0 Å². The van der Waals surface area contributed by atoms with Crippen LogP contribution in [0.3, 0.4) is 0 Å². The molecule has 0 atom stereocenters. The number of halogens is 1. The number of nitrogen functional groups attached to an aromatic ring is 1. The van der Waals surface area contributed by atoms with Crippen LogP contribution in [0.4, 0.5) is 16.4 Å². The summed E-state index contributed by atoms with van der Waals surface area (Å²) in [7, 11) is 1.96. The van der Waals surface area contributed by atoms with Crippen LogP contribution in [-0.2, 0) is 0 Å². The average molecular weight is 239 g/mol. The smallest absolute Gasteiger partial charge is 0.0951 e. The zero-order valence-corrected chi connectivity index (χ0v) is 9.85. The van der Waals surface area contributed by atoms with Gasteiger partial charge in [0.15, 0.2) is 0 Å². The van der Waals surface area contributed by atoms with Crippen molar-refractivity contribution < 1.29 is 0 Å². The number of nitrogens with zero attached hydrogens (tertiary/aromatic N) is 1. The Morgan fingerprint density at radius 2 is 2.07 bits per heavy atom. The topological polar surface area (TPSA) is 29.3 Å². The second-order valence-electron chi connectivity index (χ2n) is 3.19. The minimum Gasteiger partial charge on any atom is -0.397 e. The number of hydrogen-bond donors (Lipinski definition) is 1. The lowest BCUT2D eigenvalue weighted by atomic mass is 10.2. The lowest BCUT2D eigenvalue weighted by Crippen LogP contribution is -2.10. The van der Waals surface area contributed by atoms with E-state index in [1.165, 1.54) is 0 Å². The van der Waals surface area contributed by atoms with Gasteiger partial charge in [0.1, 0.15) is 0 Å². The van der Waals surface area contributed by atoms with Gasteiger partial charge in [-0.25, -0.2) is 0 Å². The second kappa shape index (κ2) is 4.13. The molecule has 15 heavy (non-hydrogen) atoms. The minimum absolute atomic E-state index is 0.672. The van der Waals surface area contributed by atoms with Gasteiger partial charge in [0, 0.05) is 7.05 Å². The van der Waals surface area contributed by atoms with E-state index in [0.29, 0.717) is 10.7 Å². The van der Waals surface area contributed by atoms with E-state index in [0.717, 1.165) is 10.7 Å². The van der Waals surface area contributed by atoms with E-state index in [-0.39, 0.29) is 0 Å². The highest BCUT2D eigenvalue weighted by atomic mass is 35.5. The van der Waals surface area contributed by atoms with Crippen molar-refractivity contribution in [2.75, 3.05) is 17.7 Å². The first-order chi connectivity index (χ1) is 7.20. The van der Waals surface area contributed by atoms with Crippen molar-refractivity contribution in [2.45, 2.75) is 0 Å². The molecule has 1 aromatic carbocycles. The van der Waals surface area contributed by atoms with Gasteiger partial charge in [-0.1, -0.05) is 17.7 Å². The number of para-hydroxylation sites is 1. The molecule has 0 saturated carbocycles. The molecule has 0 spiro atoms. The third kappa shape index (κ3) is 1.94. The number of thiophene rings is 1. The molecule has 1 heterocycles. The predicted molar refractivity (Wildman–Crippen MR) is 68.2 cm³/mol. The van der Waals surface area contributed by atoms with Crippen molar-refractivity contribution in [3.05, 3.63) is 40.7 Å². The molecular formula is C11H11ClN2S. The van der Waals surface area contributed by atoms with Crippen molar-refractivity contribution >= 4 is 39.3 Å². The molecule has 0 bridgehead atoms. The largest absolute Gasteiger partial charge is 0.397 e. The Kier molecular flexibility index (Phi) is 2.84. The lowest BCUT2D eigenvalue weighted by molar-refractivity contribution is 1.24. The van der Waals surface area contributed by atoms with Gasteiger partial charge in [-0.3, -0.25) is 0 Å². The molecule has 1 aromatic heterocycles. The predicted octanol–water partition coefficient (Wildman–Crippen LogP) is 3.75. The van der Waals surface area contributed by atoms with E-state index < -0.39 is 0 Å². The fourth-order valence-corrected chi connectivity index (χ4v) is 2.47. The maximum atomic E-state index is 6.12. The van der Waals surface area contributed by atoms with E-state index in [1.807, 2.05) is 47.7 Å². The first-order valence-corrected chi connectivity index (χ1v) is 5.77. The molecule has 78 valence electrons. The molecule has 0 radical (unpaired) electrons. The molecule has 0 saturated heterocycles. The van der Waals surface area contributed by atoms with Crippen molar-refractivity contribution in [3.8, 4) is 0 Å². The van der Waals surface area contributed by atoms with Gasteiger partial charge in [-0.05, 0) is 29.6 Å². The van der Waals surface area contributed by atoms with Gasteiger partial charge < -0.3 is 10.6 Å². The molecule has 2 aromatic rings. The zero-order valence-electron chi connectivity index (χ0n) is 8.27. The average Bonchev–Trinajstić information content (AvgIpc) is 2.69. The number of anilines is 3. The van der Waals surface area contributed by atoms with Crippen LogP contribution < -0.4 is 10.6 Å². The summed E-state index contributed by atoms with van der Waals surface area (Å²) < 4.78 is 0.